The summed E-state index contributed by atoms with van der Waals surface area (Å²) < 4.78 is 33.7. The maximum absolute atomic E-state index is 12.0. The van der Waals surface area contributed by atoms with Crippen molar-refractivity contribution in [3.63, 3.8) is 0 Å². The van der Waals surface area contributed by atoms with Crippen molar-refractivity contribution in [3.8, 4) is 5.75 Å². The van der Waals surface area contributed by atoms with Crippen molar-refractivity contribution in [2.24, 2.45) is 0 Å². The average Bonchev–Trinajstić information content (AvgIpc) is 2.91. The first-order chi connectivity index (χ1) is 9.91. The molecule has 0 atom stereocenters. The number of ether oxygens (including phenoxy) is 2. The second-order valence-corrected chi connectivity index (χ2v) is 7.38. The second kappa shape index (κ2) is 6.66. The molecule has 0 amide bonds. The van der Waals surface area contributed by atoms with Crippen molar-refractivity contribution in [1.82, 2.24) is 0 Å². The van der Waals surface area contributed by atoms with Crippen LogP contribution in [0.25, 0.3) is 0 Å². The van der Waals surface area contributed by atoms with E-state index in [1.807, 2.05) is 0 Å². The second-order valence-electron chi connectivity index (χ2n) is 4.84. The number of hydrogen-bond acceptors (Lipinski definition) is 5. The minimum atomic E-state index is -4.00. The third-order valence-corrected chi connectivity index (χ3v) is 4.66. The Morgan fingerprint density at radius 1 is 1.33 bits per heavy atom. The number of hydrogen-bond donors (Lipinski definition) is 0. The van der Waals surface area contributed by atoms with Gasteiger partial charge in [-0.25, -0.2) is 13.2 Å². The van der Waals surface area contributed by atoms with E-state index < -0.39 is 15.0 Å². The fourth-order valence-electron chi connectivity index (χ4n) is 2.33. The summed E-state index contributed by atoms with van der Waals surface area (Å²) in [6.45, 7) is 2.03. The van der Waals surface area contributed by atoms with Gasteiger partial charge in [-0.3, -0.25) is 0 Å². The van der Waals surface area contributed by atoms with Gasteiger partial charge in [-0.15, -0.1) is 0 Å². The zero-order valence-electron chi connectivity index (χ0n) is 11.7. The van der Waals surface area contributed by atoms with Crippen LogP contribution in [0, 0.1) is 0 Å². The van der Waals surface area contributed by atoms with Crippen molar-refractivity contribution in [1.29, 1.82) is 0 Å². The highest BCUT2D eigenvalue weighted by Crippen LogP contribution is 2.29. The summed E-state index contributed by atoms with van der Waals surface area (Å²) in [5, 5.41) is 0. The topological polar surface area (TPSA) is 69.7 Å². The zero-order chi connectivity index (χ0) is 15.5. The molecule has 0 heterocycles. The molecule has 0 aliphatic heterocycles. The van der Waals surface area contributed by atoms with E-state index in [1.54, 1.807) is 6.92 Å². The smallest absolute Gasteiger partial charge is 0.338 e. The molecule has 5 nitrogen and oxygen atoms in total. The van der Waals surface area contributed by atoms with E-state index in [0.717, 1.165) is 25.7 Å². The third-order valence-electron chi connectivity index (χ3n) is 3.32. The number of esters is 1. The van der Waals surface area contributed by atoms with E-state index in [4.69, 9.17) is 20.2 Å². The van der Waals surface area contributed by atoms with Crippen LogP contribution in [0.4, 0.5) is 0 Å². The van der Waals surface area contributed by atoms with E-state index in [2.05, 4.69) is 0 Å². The molecule has 0 aromatic heterocycles. The Morgan fingerprint density at radius 3 is 2.57 bits per heavy atom. The van der Waals surface area contributed by atoms with Gasteiger partial charge < -0.3 is 9.47 Å². The molecule has 7 heteroatoms. The fourth-order valence-corrected chi connectivity index (χ4v) is 3.32. The molecule has 0 saturated heterocycles. The number of carbonyl (C=O) groups excluding carboxylic acids is 1. The number of carbonyl (C=O) groups is 1. The van der Waals surface area contributed by atoms with E-state index in [-0.39, 0.29) is 22.3 Å². The molecule has 1 saturated carbocycles. The van der Waals surface area contributed by atoms with Crippen LogP contribution in [0.2, 0.25) is 0 Å². The normalized spacial score (nSPS) is 15.9. The van der Waals surface area contributed by atoms with Crippen molar-refractivity contribution >= 4 is 25.7 Å². The van der Waals surface area contributed by atoms with Crippen molar-refractivity contribution in [3.05, 3.63) is 23.8 Å². The summed E-state index contributed by atoms with van der Waals surface area (Å²) in [6.07, 6.45) is 3.71. The van der Waals surface area contributed by atoms with Gasteiger partial charge >= 0.3 is 5.97 Å². The van der Waals surface area contributed by atoms with Crippen LogP contribution in [0.3, 0.4) is 0 Å². The van der Waals surface area contributed by atoms with Gasteiger partial charge in [0.05, 0.1) is 12.2 Å². The standard InChI is InChI=1S/C14H17ClO5S/c1-2-19-12-8-7-10(9-13(12)21(15,17)18)14(16)20-11-5-3-4-6-11/h7-9,11H,2-6H2,1H3. The van der Waals surface area contributed by atoms with E-state index in [0.29, 0.717) is 6.61 Å². The molecule has 1 fully saturated rings. The molecule has 1 aromatic rings. The molecular formula is C14H17ClO5S. The molecule has 0 N–H and O–H groups in total. The van der Waals surface area contributed by atoms with Gasteiger partial charge in [-0.05, 0) is 50.8 Å². The number of rotatable bonds is 5. The number of benzene rings is 1. The number of halogens is 1. The van der Waals surface area contributed by atoms with Gasteiger partial charge in [-0.2, -0.15) is 0 Å². The Kier molecular flexibility index (Phi) is 5.11. The predicted molar refractivity (Wildman–Crippen MR) is 78.3 cm³/mol. The Morgan fingerprint density at radius 2 is 2.00 bits per heavy atom. The average molecular weight is 333 g/mol. The van der Waals surface area contributed by atoms with Crippen LogP contribution in [0.15, 0.2) is 23.1 Å². The van der Waals surface area contributed by atoms with Crippen molar-refractivity contribution < 1.29 is 22.7 Å². The molecule has 2 rings (SSSR count). The zero-order valence-corrected chi connectivity index (χ0v) is 13.2. The van der Waals surface area contributed by atoms with E-state index in [9.17, 15) is 13.2 Å². The van der Waals surface area contributed by atoms with Crippen LogP contribution < -0.4 is 4.74 Å². The molecule has 116 valence electrons. The van der Waals surface area contributed by atoms with Crippen LogP contribution in [0.1, 0.15) is 43.0 Å². The van der Waals surface area contributed by atoms with Gasteiger partial charge in [0.1, 0.15) is 16.7 Å². The lowest BCUT2D eigenvalue weighted by atomic mass is 10.2. The molecule has 1 aliphatic carbocycles. The summed E-state index contributed by atoms with van der Waals surface area (Å²) in [4.78, 5) is 11.8. The van der Waals surface area contributed by atoms with Crippen molar-refractivity contribution in [2.75, 3.05) is 6.61 Å². The summed E-state index contributed by atoms with van der Waals surface area (Å²) in [5.41, 5.74) is 0.157. The molecule has 0 bridgehead atoms. The van der Waals surface area contributed by atoms with Gasteiger partial charge in [-0.1, -0.05) is 0 Å². The van der Waals surface area contributed by atoms with Gasteiger partial charge in [0.15, 0.2) is 0 Å². The molecule has 0 unspecified atom stereocenters. The van der Waals surface area contributed by atoms with Crippen molar-refractivity contribution in [2.45, 2.75) is 43.6 Å². The monoisotopic (exact) mass is 332 g/mol. The van der Waals surface area contributed by atoms with Gasteiger partial charge in [0.2, 0.25) is 0 Å². The van der Waals surface area contributed by atoms with Crippen LogP contribution >= 0.6 is 10.7 Å². The Hall–Kier alpha value is -1.27. The minimum absolute atomic E-state index is 0.0832. The largest absolute Gasteiger partial charge is 0.492 e. The van der Waals surface area contributed by atoms with Gasteiger partial charge in [0.25, 0.3) is 9.05 Å². The molecule has 0 spiro atoms. The van der Waals surface area contributed by atoms with Crippen LogP contribution in [-0.2, 0) is 13.8 Å². The quantitative estimate of drug-likeness (QED) is 0.612. The molecule has 1 aliphatic rings. The fraction of sp³-hybridized carbons (Fsp3) is 0.500. The summed E-state index contributed by atoms with van der Waals surface area (Å²) in [5.74, 6) is -0.406. The lowest BCUT2D eigenvalue weighted by Gasteiger charge is -2.13. The van der Waals surface area contributed by atoms with E-state index in [1.165, 1.54) is 18.2 Å². The minimum Gasteiger partial charge on any atom is -0.492 e. The maximum Gasteiger partial charge on any atom is 0.338 e. The SMILES string of the molecule is CCOc1ccc(C(=O)OC2CCCC2)cc1S(=O)(=O)Cl. The Bertz CT molecular complexity index is 620. The van der Waals surface area contributed by atoms with Gasteiger partial charge in [0, 0.05) is 10.7 Å². The Balaban J connectivity index is 2.26. The summed E-state index contributed by atoms with van der Waals surface area (Å²) in [6, 6.07) is 4.10. The first-order valence-electron chi connectivity index (χ1n) is 6.84. The predicted octanol–water partition coefficient (Wildman–Crippen LogP) is 3.11. The lowest BCUT2D eigenvalue weighted by molar-refractivity contribution is 0.0317. The molecule has 21 heavy (non-hydrogen) atoms. The summed E-state index contributed by atoms with van der Waals surface area (Å²) in [7, 11) is 1.39. The van der Waals surface area contributed by atoms with E-state index >= 15 is 0 Å². The highest BCUT2D eigenvalue weighted by Gasteiger charge is 2.23. The Labute approximate surface area is 128 Å². The molecule has 1 aromatic carbocycles. The maximum atomic E-state index is 12.0. The third kappa shape index (κ3) is 4.11. The molecular weight excluding hydrogens is 316 g/mol. The van der Waals surface area contributed by atoms with Crippen LogP contribution in [0.5, 0.6) is 5.75 Å². The van der Waals surface area contributed by atoms with Crippen LogP contribution in [-0.4, -0.2) is 27.1 Å². The first kappa shape index (κ1) is 16.1. The lowest BCUT2D eigenvalue weighted by Crippen LogP contribution is -2.15. The highest BCUT2D eigenvalue weighted by molar-refractivity contribution is 8.13. The summed E-state index contributed by atoms with van der Waals surface area (Å²) >= 11 is 0. The first-order valence-corrected chi connectivity index (χ1v) is 9.15. The highest BCUT2D eigenvalue weighted by atomic mass is 35.7. The molecule has 0 radical (unpaired) electrons.